The van der Waals surface area contributed by atoms with Gasteiger partial charge < -0.3 is 9.64 Å². The topological polar surface area (TPSA) is 66.9 Å². The van der Waals surface area contributed by atoms with Crippen LogP contribution in [0.2, 0.25) is 0 Å². The van der Waals surface area contributed by atoms with Gasteiger partial charge >= 0.3 is 5.97 Å². The molecule has 184 valence electrons. The molecule has 2 aromatic carbocycles. The monoisotopic (exact) mass is 510 g/mol. The summed E-state index contributed by atoms with van der Waals surface area (Å²) in [4.78, 5) is 41.6. The molecule has 1 saturated heterocycles. The smallest absolute Gasteiger partial charge is 0.337 e. The molecule has 0 N–H and O–H groups in total. The maximum Gasteiger partial charge on any atom is 0.337 e. The quantitative estimate of drug-likeness (QED) is 0.273. The minimum absolute atomic E-state index is 0.0491. The minimum atomic E-state index is -0.411. The van der Waals surface area contributed by atoms with E-state index in [1.807, 2.05) is 56.0 Å². The molecule has 2 aromatic rings. The molecule has 35 heavy (non-hydrogen) atoms. The summed E-state index contributed by atoms with van der Waals surface area (Å²) in [6.45, 7) is 7.01. The predicted octanol–water partition coefficient (Wildman–Crippen LogP) is 5.28. The third kappa shape index (κ3) is 7.02. The second kappa shape index (κ2) is 11.6. The third-order valence-electron chi connectivity index (χ3n) is 5.57. The van der Waals surface area contributed by atoms with E-state index in [2.05, 4.69) is 0 Å². The van der Waals surface area contributed by atoms with E-state index in [4.69, 9.17) is 17.0 Å². The van der Waals surface area contributed by atoms with Crippen LogP contribution in [0.3, 0.4) is 0 Å². The van der Waals surface area contributed by atoms with Crippen LogP contribution in [0.1, 0.15) is 55.1 Å². The van der Waals surface area contributed by atoms with Crippen molar-refractivity contribution in [2.24, 2.45) is 0 Å². The average Bonchev–Trinajstić information content (AvgIpc) is 3.09. The molecule has 0 atom stereocenters. The zero-order valence-electron chi connectivity index (χ0n) is 20.4. The van der Waals surface area contributed by atoms with E-state index in [0.29, 0.717) is 40.7 Å². The van der Waals surface area contributed by atoms with E-state index in [9.17, 15) is 14.4 Å². The molecular weight excluding hydrogens is 480 g/mol. The Bertz CT molecular complexity index is 1120. The first kappa shape index (κ1) is 26.6. The first-order chi connectivity index (χ1) is 16.6. The number of thioether (sulfide) groups is 1. The van der Waals surface area contributed by atoms with E-state index >= 15 is 0 Å². The molecule has 8 heteroatoms. The summed E-state index contributed by atoms with van der Waals surface area (Å²) in [5.74, 6) is -0.527. The molecule has 0 radical (unpaired) electrons. The molecule has 1 heterocycles. The van der Waals surface area contributed by atoms with Gasteiger partial charge in [0.05, 0.1) is 17.6 Å². The lowest BCUT2D eigenvalue weighted by atomic mass is 10.0. The molecular formula is C27H30N2O4S2. The van der Waals surface area contributed by atoms with Crippen molar-refractivity contribution >= 4 is 52.2 Å². The fourth-order valence-electron chi connectivity index (χ4n) is 3.67. The number of methoxy groups -OCH3 is 1. The molecule has 0 bridgehead atoms. The van der Waals surface area contributed by atoms with Gasteiger partial charge in [0.25, 0.3) is 5.91 Å². The maximum atomic E-state index is 13.1. The second-order valence-corrected chi connectivity index (χ2v) is 10.9. The number of ether oxygens (including phenoxy) is 1. The van der Waals surface area contributed by atoms with Gasteiger partial charge in [0.1, 0.15) is 4.32 Å². The summed E-state index contributed by atoms with van der Waals surface area (Å²) < 4.78 is 5.19. The summed E-state index contributed by atoms with van der Waals surface area (Å²) in [5, 5.41) is 0. The predicted molar refractivity (Wildman–Crippen MR) is 144 cm³/mol. The number of carbonyl (C=O) groups is 3. The highest BCUT2D eigenvalue weighted by molar-refractivity contribution is 8.26. The highest BCUT2D eigenvalue weighted by Gasteiger charge is 2.32. The lowest BCUT2D eigenvalue weighted by Gasteiger charge is -2.36. The SMILES string of the molecule is COC(=O)c1ccc(/C=C2\SC(=S)N(CCCC(=O)N(Cc3ccccc3)C(C)(C)C)C2=O)cc1. The molecule has 0 spiro atoms. The van der Waals surface area contributed by atoms with E-state index in [0.717, 1.165) is 11.1 Å². The number of nitrogens with zero attached hydrogens (tertiary/aromatic N) is 2. The Kier molecular flexibility index (Phi) is 8.86. The lowest BCUT2D eigenvalue weighted by Crippen LogP contribution is -2.45. The van der Waals surface area contributed by atoms with Gasteiger partial charge in [-0.05, 0) is 56.5 Å². The van der Waals surface area contributed by atoms with E-state index in [-0.39, 0.29) is 17.4 Å². The largest absolute Gasteiger partial charge is 0.465 e. The first-order valence-electron chi connectivity index (χ1n) is 11.4. The van der Waals surface area contributed by atoms with E-state index < -0.39 is 5.97 Å². The summed E-state index contributed by atoms with van der Waals surface area (Å²) in [7, 11) is 1.33. The van der Waals surface area contributed by atoms with Crippen molar-refractivity contribution in [2.45, 2.75) is 45.7 Å². The van der Waals surface area contributed by atoms with Crippen molar-refractivity contribution in [2.75, 3.05) is 13.7 Å². The van der Waals surface area contributed by atoms with Crippen LogP contribution in [0.4, 0.5) is 0 Å². The minimum Gasteiger partial charge on any atom is -0.465 e. The standard InChI is InChI=1S/C27H30N2O4S2/c1-27(2,3)29(18-20-9-6-5-7-10-20)23(30)11-8-16-28-24(31)22(35-26(28)34)17-19-12-14-21(15-13-19)25(32)33-4/h5-7,9-10,12-15,17H,8,11,16,18H2,1-4H3/b22-17-. The van der Waals surface area contributed by atoms with Crippen LogP contribution in [0.5, 0.6) is 0 Å². The second-order valence-electron chi connectivity index (χ2n) is 9.19. The van der Waals surface area contributed by atoms with Gasteiger partial charge in [-0.3, -0.25) is 14.5 Å². The highest BCUT2D eigenvalue weighted by atomic mass is 32.2. The molecule has 3 rings (SSSR count). The Labute approximate surface area is 216 Å². The number of benzene rings is 2. The molecule has 1 fully saturated rings. The fraction of sp³-hybridized carbons (Fsp3) is 0.333. The number of hydrogen-bond donors (Lipinski definition) is 0. The van der Waals surface area contributed by atoms with Crippen LogP contribution in [-0.2, 0) is 20.9 Å². The van der Waals surface area contributed by atoms with E-state index in [1.165, 1.54) is 18.9 Å². The zero-order valence-corrected chi connectivity index (χ0v) is 22.1. The van der Waals surface area contributed by atoms with Gasteiger partial charge in [0.2, 0.25) is 5.91 Å². The normalized spacial score (nSPS) is 15.0. The van der Waals surface area contributed by atoms with Crippen LogP contribution in [-0.4, -0.2) is 51.1 Å². The van der Waals surface area contributed by atoms with Crippen molar-refractivity contribution in [3.05, 3.63) is 76.2 Å². The summed E-state index contributed by atoms with van der Waals surface area (Å²) in [6.07, 6.45) is 2.61. The van der Waals surface area contributed by atoms with Crippen molar-refractivity contribution in [1.82, 2.24) is 9.80 Å². The maximum absolute atomic E-state index is 13.1. The van der Waals surface area contributed by atoms with Gasteiger partial charge in [-0.1, -0.05) is 66.4 Å². The van der Waals surface area contributed by atoms with Gasteiger partial charge in [0.15, 0.2) is 0 Å². The molecule has 2 amide bonds. The van der Waals surface area contributed by atoms with Gasteiger partial charge in [-0.2, -0.15) is 0 Å². The summed E-state index contributed by atoms with van der Waals surface area (Å²) in [6, 6.07) is 16.7. The zero-order chi connectivity index (χ0) is 25.6. The Morgan fingerprint density at radius 3 is 2.34 bits per heavy atom. The molecule has 1 aliphatic heterocycles. The molecule has 0 aromatic heterocycles. The average molecular weight is 511 g/mol. The Hall–Kier alpha value is -2.97. The third-order valence-corrected chi connectivity index (χ3v) is 6.95. The first-order valence-corrected chi connectivity index (χ1v) is 12.6. The number of amides is 2. The fourth-order valence-corrected chi connectivity index (χ4v) is 4.97. The molecule has 1 aliphatic rings. The number of thiocarbonyl (C=S) groups is 1. The summed E-state index contributed by atoms with van der Waals surface area (Å²) >= 11 is 6.67. The molecule has 0 unspecified atom stereocenters. The molecule has 0 saturated carbocycles. The number of hydrogen-bond acceptors (Lipinski definition) is 6. The summed E-state index contributed by atoms with van der Waals surface area (Å²) in [5.41, 5.74) is 1.99. The van der Waals surface area contributed by atoms with Crippen molar-refractivity contribution in [1.29, 1.82) is 0 Å². The highest BCUT2D eigenvalue weighted by Crippen LogP contribution is 2.33. The van der Waals surface area contributed by atoms with Crippen molar-refractivity contribution in [3.8, 4) is 0 Å². The Balaban J connectivity index is 1.59. The van der Waals surface area contributed by atoms with Crippen molar-refractivity contribution in [3.63, 3.8) is 0 Å². The van der Waals surface area contributed by atoms with Crippen LogP contribution >= 0.6 is 24.0 Å². The number of carbonyl (C=O) groups excluding carboxylic acids is 3. The van der Waals surface area contributed by atoms with Gasteiger partial charge in [-0.15, -0.1) is 0 Å². The molecule has 0 aliphatic carbocycles. The molecule has 6 nitrogen and oxygen atoms in total. The van der Waals surface area contributed by atoms with Crippen LogP contribution in [0, 0.1) is 0 Å². The van der Waals surface area contributed by atoms with Crippen LogP contribution < -0.4 is 0 Å². The van der Waals surface area contributed by atoms with E-state index in [1.54, 1.807) is 35.2 Å². The van der Waals surface area contributed by atoms with Crippen LogP contribution in [0.25, 0.3) is 6.08 Å². The Morgan fingerprint density at radius 1 is 1.09 bits per heavy atom. The van der Waals surface area contributed by atoms with Gasteiger partial charge in [-0.25, -0.2) is 4.79 Å². The lowest BCUT2D eigenvalue weighted by molar-refractivity contribution is -0.137. The van der Waals surface area contributed by atoms with Crippen LogP contribution in [0.15, 0.2) is 59.5 Å². The van der Waals surface area contributed by atoms with Gasteiger partial charge in [0, 0.05) is 25.0 Å². The number of rotatable bonds is 8. The Morgan fingerprint density at radius 2 is 1.74 bits per heavy atom. The number of esters is 1. The van der Waals surface area contributed by atoms with Crippen molar-refractivity contribution < 1.29 is 19.1 Å².